The molecule has 3 aliphatic rings. The van der Waals surface area contributed by atoms with Crippen LogP contribution in [0.2, 0.25) is 0 Å². The minimum absolute atomic E-state index is 0.209. The molecular weight excluding hydrogens is 190 g/mol. The van der Waals surface area contributed by atoms with E-state index in [-0.39, 0.29) is 5.41 Å². The molecule has 3 aliphatic carbocycles. The average molecular weight is 211 g/mol. The Morgan fingerprint density at radius 2 is 2.00 bits per heavy atom. The minimum atomic E-state index is -0.635. The molecule has 86 valence electrons. The molecule has 2 bridgehead atoms. The van der Waals surface area contributed by atoms with Crippen molar-refractivity contribution in [2.24, 2.45) is 17.3 Å². The maximum absolute atomic E-state index is 11.6. The van der Waals surface area contributed by atoms with E-state index in [2.05, 4.69) is 13.8 Å². The normalized spacial score (nSPS) is 42.5. The summed E-state index contributed by atoms with van der Waals surface area (Å²) in [6.45, 7) is 4.46. The largest absolute Gasteiger partial charge is 0.480 e. The summed E-state index contributed by atoms with van der Waals surface area (Å²) in [6.07, 6.45) is 2.97. The van der Waals surface area contributed by atoms with Crippen LogP contribution in [0, 0.1) is 17.3 Å². The molecule has 3 atom stereocenters. The van der Waals surface area contributed by atoms with Crippen LogP contribution in [0.15, 0.2) is 0 Å². The fraction of sp³-hybridized carbons (Fsp3) is 0.917. The third-order valence-electron chi connectivity index (χ3n) is 5.09. The molecule has 3 saturated carbocycles. The number of hydrogen-bond donors (Lipinski definition) is 1. The molecule has 3 fully saturated rings. The van der Waals surface area contributed by atoms with Gasteiger partial charge in [0.1, 0.15) is 5.54 Å². The lowest BCUT2D eigenvalue weighted by Crippen LogP contribution is -2.69. The fourth-order valence-electron chi connectivity index (χ4n) is 3.87. The molecular formula is C12H21NO2. The quantitative estimate of drug-likeness (QED) is 0.757. The molecule has 0 heterocycles. The van der Waals surface area contributed by atoms with Crippen molar-refractivity contribution in [2.75, 3.05) is 14.1 Å². The highest BCUT2D eigenvalue weighted by Crippen LogP contribution is 2.63. The van der Waals surface area contributed by atoms with Crippen molar-refractivity contribution < 1.29 is 9.90 Å². The van der Waals surface area contributed by atoms with Crippen LogP contribution < -0.4 is 0 Å². The zero-order valence-corrected chi connectivity index (χ0v) is 10.1. The first-order chi connectivity index (χ1) is 6.83. The predicted octanol–water partition coefficient (Wildman–Crippen LogP) is 1.83. The number of nitrogens with zero attached hydrogens (tertiary/aromatic N) is 1. The Morgan fingerprint density at radius 3 is 2.27 bits per heavy atom. The second-order valence-corrected chi connectivity index (χ2v) is 5.97. The Hall–Kier alpha value is -0.570. The van der Waals surface area contributed by atoms with E-state index in [1.807, 2.05) is 19.0 Å². The number of likely N-dealkylation sites (N-methyl/N-ethyl adjacent to an activating group) is 1. The molecule has 0 spiro atoms. The van der Waals surface area contributed by atoms with Gasteiger partial charge in [0.2, 0.25) is 0 Å². The summed E-state index contributed by atoms with van der Waals surface area (Å²) in [6, 6.07) is 0. The van der Waals surface area contributed by atoms with E-state index in [1.54, 1.807) is 0 Å². The molecule has 15 heavy (non-hydrogen) atoms. The van der Waals surface area contributed by atoms with Gasteiger partial charge in [-0.1, -0.05) is 13.8 Å². The van der Waals surface area contributed by atoms with Crippen molar-refractivity contribution in [3.05, 3.63) is 0 Å². The molecule has 0 saturated heterocycles. The van der Waals surface area contributed by atoms with Gasteiger partial charge in [0.05, 0.1) is 0 Å². The third kappa shape index (κ3) is 1.13. The van der Waals surface area contributed by atoms with Gasteiger partial charge in [-0.2, -0.15) is 0 Å². The molecule has 3 rings (SSSR count). The number of rotatable bonds is 2. The number of carbonyl (C=O) groups is 1. The van der Waals surface area contributed by atoms with Crippen LogP contribution in [0.3, 0.4) is 0 Å². The van der Waals surface area contributed by atoms with Crippen LogP contribution in [-0.2, 0) is 4.79 Å². The zero-order chi connectivity index (χ0) is 11.4. The molecule has 0 aliphatic heterocycles. The lowest BCUT2D eigenvalue weighted by Gasteiger charge is -2.65. The van der Waals surface area contributed by atoms with Crippen molar-refractivity contribution in [1.29, 1.82) is 0 Å². The highest BCUT2D eigenvalue weighted by Gasteiger charge is 2.65. The number of fused-ring (bicyclic) bond motifs is 2. The summed E-state index contributed by atoms with van der Waals surface area (Å²) in [5, 5.41) is 9.54. The summed E-state index contributed by atoms with van der Waals surface area (Å²) in [4.78, 5) is 13.5. The van der Waals surface area contributed by atoms with E-state index < -0.39 is 11.5 Å². The Balaban J connectivity index is 2.38. The predicted molar refractivity (Wildman–Crippen MR) is 58.7 cm³/mol. The summed E-state index contributed by atoms with van der Waals surface area (Å²) in [7, 11) is 3.81. The number of carboxylic acids is 1. The Labute approximate surface area is 91.5 Å². The maximum Gasteiger partial charge on any atom is 0.324 e. The second kappa shape index (κ2) is 2.97. The average Bonchev–Trinajstić information content (AvgIpc) is 2.16. The summed E-state index contributed by atoms with van der Waals surface area (Å²) >= 11 is 0. The van der Waals surface area contributed by atoms with Crippen LogP contribution in [0.1, 0.15) is 33.1 Å². The molecule has 3 heteroatoms. The van der Waals surface area contributed by atoms with Gasteiger partial charge in [-0.3, -0.25) is 9.69 Å². The first-order valence-electron chi connectivity index (χ1n) is 5.74. The number of carboxylic acid groups (broad SMARTS) is 1. The minimum Gasteiger partial charge on any atom is -0.480 e. The van der Waals surface area contributed by atoms with Crippen molar-refractivity contribution in [3.8, 4) is 0 Å². The van der Waals surface area contributed by atoms with E-state index in [4.69, 9.17) is 0 Å². The summed E-state index contributed by atoms with van der Waals surface area (Å²) in [5.74, 6) is 0.426. The third-order valence-corrected chi connectivity index (χ3v) is 5.09. The van der Waals surface area contributed by atoms with Gasteiger partial charge in [-0.15, -0.1) is 0 Å². The highest BCUT2D eigenvalue weighted by molar-refractivity contribution is 5.80. The first-order valence-corrected chi connectivity index (χ1v) is 5.74. The highest BCUT2D eigenvalue weighted by atomic mass is 16.4. The Morgan fingerprint density at radius 1 is 1.40 bits per heavy atom. The SMILES string of the molecule is CN(C)C1(C(=O)O)CCC2CC1C2(C)C. The van der Waals surface area contributed by atoms with Crippen LogP contribution in [0.5, 0.6) is 0 Å². The van der Waals surface area contributed by atoms with E-state index in [9.17, 15) is 9.90 Å². The lowest BCUT2D eigenvalue weighted by atomic mass is 9.43. The molecule has 0 amide bonds. The van der Waals surface area contributed by atoms with Gasteiger partial charge in [-0.25, -0.2) is 0 Å². The standard InChI is InChI=1S/C12H21NO2/c1-11(2)8-5-6-12(10(14)15,13(3)4)9(11)7-8/h8-9H,5-7H2,1-4H3,(H,14,15). The van der Waals surface area contributed by atoms with Gasteiger partial charge >= 0.3 is 5.97 Å². The lowest BCUT2D eigenvalue weighted by molar-refractivity contribution is -0.193. The topological polar surface area (TPSA) is 40.5 Å². The van der Waals surface area contributed by atoms with E-state index >= 15 is 0 Å². The van der Waals surface area contributed by atoms with Crippen molar-refractivity contribution in [1.82, 2.24) is 4.90 Å². The van der Waals surface area contributed by atoms with Crippen molar-refractivity contribution >= 4 is 5.97 Å². The van der Waals surface area contributed by atoms with Gasteiger partial charge in [0.25, 0.3) is 0 Å². The molecule has 3 unspecified atom stereocenters. The van der Waals surface area contributed by atoms with Crippen molar-refractivity contribution in [3.63, 3.8) is 0 Å². The van der Waals surface area contributed by atoms with E-state index in [0.29, 0.717) is 5.92 Å². The summed E-state index contributed by atoms with van der Waals surface area (Å²) < 4.78 is 0. The molecule has 0 radical (unpaired) electrons. The summed E-state index contributed by atoms with van der Waals surface area (Å²) in [5.41, 5.74) is -0.404. The smallest absolute Gasteiger partial charge is 0.324 e. The molecule has 1 N–H and O–H groups in total. The van der Waals surface area contributed by atoms with Crippen LogP contribution in [0.4, 0.5) is 0 Å². The van der Waals surface area contributed by atoms with E-state index in [1.165, 1.54) is 0 Å². The molecule has 3 nitrogen and oxygen atoms in total. The number of aliphatic carboxylic acids is 1. The number of hydrogen-bond acceptors (Lipinski definition) is 2. The molecule has 0 aromatic heterocycles. The molecule has 0 aromatic carbocycles. The first kappa shape index (κ1) is 10.9. The maximum atomic E-state index is 11.6. The second-order valence-electron chi connectivity index (χ2n) is 5.97. The monoisotopic (exact) mass is 211 g/mol. The van der Waals surface area contributed by atoms with Gasteiger partial charge < -0.3 is 5.11 Å². The van der Waals surface area contributed by atoms with Crippen LogP contribution in [-0.4, -0.2) is 35.6 Å². The van der Waals surface area contributed by atoms with Crippen molar-refractivity contribution in [2.45, 2.75) is 38.6 Å². The Kier molecular flexibility index (Phi) is 2.16. The Bertz CT molecular complexity index is 296. The van der Waals surface area contributed by atoms with Gasteiger partial charge in [0.15, 0.2) is 0 Å². The van der Waals surface area contributed by atoms with Gasteiger partial charge in [-0.05, 0) is 50.6 Å². The fourth-order valence-corrected chi connectivity index (χ4v) is 3.87. The van der Waals surface area contributed by atoms with Crippen LogP contribution >= 0.6 is 0 Å². The molecule has 0 aromatic rings. The zero-order valence-electron chi connectivity index (χ0n) is 10.1. The van der Waals surface area contributed by atoms with Crippen LogP contribution in [0.25, 0.3) is 0 Å². The van der Waals surface area contributed by atoms with Gasteiger partial charge in [0, 0.05) is 0 Å². The van der Waals surface area contributed by atoms with E-state index in [0.717, 1.165) is 25.2 Å².